The molecule has 0 spiro atoms. The van der Waals surface area contributed by atoms with E-state index in [1.165, 1.54) is 16.7 Å². The molecule has 0 aliphatic rings. The smallest absolute Gasteiger partial charge is 0.328 e. The van der Waals surface area contributed by atoms with Crippen LogP contribution in [0.2, 0.25) is 0 Å². The van der Waals surface area contributed by atoms with Crippen LogP contribution in [0.1, 0.15) is 16.7 Å². The van der Waals surface area contributed by atoms with Crippen molar-refractivity contribution in [1.82, 2.24) is 5.32 Å². The summed E-state index contributed by atoms with van der Waals surface area (Å²) < 4.78 is 0. The minimum Gasteiger partial charge on any atom is -0.478 e. The lowest BCUT2D eigenvalue weighted by Crippen LogP contribution is -2.24. The molecule has 0 bridgehead atoms. The van der Waals surface area contributed by atoms with E-state index in [4.69, 9.17) is 5.11 Å². The highest BCUT2D eigenvalue weighted by atomic mass is 16.4. The van der Waals surface area contributed by atoms with Gasteiger partial charge in [0.15, 0.2) is 0 Å². The molecule has 0 saturated heterocycles. The lowest BCUT2D eigenvalue weighted by atomic mass is 10.0. The number of rotatable bonds is 5. The van der Waals surface area contributed by atoms with Crippen LogP contribution in [-0.4, -0.2) is 23.5 Å². The number of carboxylic acids is 1. The third-order valence-electron chi connectivity index (χ3n) is 2.57. The van der Waals surface area contributed by atoms with Gasteiger partial charge in [0.25, 0.3) is 0 Å². The Morgan fingerprint density at radius 3 is 2.61 bits per heavy atom. The first kappa shape index (κ1) is 14.0. The second-order valence-electron chi connectivity index (χ2n) is 4.14. The predicted molar refractivity (Wildman–Crippen MR) is 69.4 cm³/mol. The number of aliphatic carboxylic acids is 1. The Kier molecular flexibility index (Phi) is 5.11. The highest BCUT2D eigenvalue weighted by molar-refractivity contribution is 5.93. The molecule has 2 N–H and O–H groups in total. The number of carbonyl (C=O) groups excluding carboxylic acids is 1. The Labute approximate surface area is 106 Å². The second-order valence-corrected chi connectivity index (χ2v) is 4.14. The van der Waals surface area contributed by atoms with Gasteiger partial charge in [-0.1, -0.05) is 23.8 Å². The molecule has 0 atom stereocenters. The summed E-state index contributed by atoms with van der Waals surface area (Å²) in [6.45, 7) is 4.57. The van der Waals surface area contributed by atoms with Crippen molar-refractivity contribution in [2.45, 2.75) is 20.3 Å². The average molecular weight is 247 g/mol. The predicted octanol–water partition coefficient (Wildman–Crippen LogP) is 1.60. The van der Waals surface area contributed by atoms with Crippen LogP contribution in [0.25, 0.3) is 0 Å². The van der Waals surface area contributed by atoms with Gasteiger partial charge in [-0.05, 0) is 31.4 Å². The maximum Gasteiger partial charge on any atom is 0.328 e. The SMILES string of the molecule is Cc1ccc(CCNC(=O)/C=C/C(=O)O)c(C)c1. The molecule has 0 heterocycles. The van der Waals surface area contributed by atoms with Crippen LogP contribution >= 0.6 is 0 Å². The molecule has 1 aromatic rings. The minimum atomic E-state index is -1.13. The maximum absolute atomic E-state index is 11.2. The first-order valence-corrected chi connectivity index (χ1v) is 5.74. The largest absolute Gasteiger partial charge is 0.478 e. The van der Waals surface area contributed by atoms with E-state index in [0.717, 1.165) is 18.6 Å². The van der Waals surface area contributed by atoms with E-state index in [-0.39, 0.29) is 5.91 Å². The van der Waals surface area contributed by atoms with E-state index in [1.54, 1.807) is 0 Å². The van der Waals surface area contributed by atoms with Gasteiger partial charge in [0, 0.05) is 18.7 Å². The quantitative estimate of drug-likeness (QED) is 0.777. The summed E-state index contributed by atoms with van der Waals surface area (Å²) in [6.07, 6.45) is 2.58. The summed E-state index contributed by atoms with van der Waals surface area (Å²) in [6, 6.07) is 6.18. The zero-order valence-electron chi connectivity index (χ0n) is 10.6. The number of aryl methyl sites for hydroxylation is 2. The van der Waals surface area contributed by atoms with Gasteiger partial charge < -0.3 is 10.4 Å². The molecule has 0 fully saturated rings. The van der Waals surface area contributed by atoms with Crippen molar-refractivity contribution in [3.63, 3.8) is 0 Å². The van der Waals surface area contributed by atoms with Crippen LogP contribution in [0.4, 0.5) is 0 Å². The standard InChI is InChI=1S/C14H17NO3/c1-10-3-4-12(11(2)9-10)7-8-15-13(16)5-6-14(17)18/h3-6,9H,7-8H2,1-2H3,(H,15,16)(H,17,18)/b6-5+. The third-order valence-corrected chi connectivity index (χ3v) is 2.57. The van der Waals surface area contributed by atoms with Crippen molar-refractivity contribution >= 4 is 11.9 Å². The van der Waals surface area contributed by atoms with Crippen LogP contribution in [0.15, 0.2) is 30.4 Å². The molecule has 0 aliphatic carbocycles. The van der Waals surface area contributed by atoms with Crippen molar-refractivity contribution < 1.29 is 14.7 Å². The van der Waals surface area contributed by atoms with Gasteiger partial charge in [-0.2, -0.15) is 0 Å². The molecular weight excluding hydrogens is 230 g/mol. The monoisotopic (exact) mass is 247 g/mol. The van der Waals surface area contributed by atoms with Crippen LogP contribution in [0, 0.1) is 13.8 Å². The van der Waals surface area contributed by atoms with Crippen molar-refractivity contribution in [2.75, 3.05) is 6.54 Å². The van der Waals surface area contributed by atoms with Gasteiger partial charge >= 0.3 is 5.97 Å². The maximum atomic E-state index is 11.2. The van der Waals surface area contributed by atoms with Crippen molar-refractivity contribution in [3.05, 3.63) is 47.0 Å². The van der Waals surface area contributed by atoms with Crippen LogP contribution < -0.4 is 5.32 Å². The van der Waals surface area contributed by atoms with E-state index in [2.05, 4.69) is 11.4 Å². The highest BCUT2D eigenvalue weighted by Gasteiger charge is 2.00. The van der Waals surface area contributed by atoms with Gasteiger partial charge in [0.2, 0.25) is 5.91 Å². The van der Waals surface area contributed by atoms with Crippen molar-refractivity contribution in [3.8, 4) is 0 Å². The number of nitrogens with one attached hydrogen (secondary N) is 1. The van der Waals surface area contributed by atoms with E-state index >= 15 is 0 Å². The summed E-state index contributed by atoms with van der Waals surface area (Å²) in [5.74, 6) is -1.51. The Balaban J connectivity index is 2.42. The number of hydrogen-bond donors (Lipinski definition) is 2. The fourth-order valence-corrected chi connectivity index (χ4v) is 1.65. The first-order chi connectivity index (χ1) is 8.49. The Morgan fingerprint density at radius 1 is 1.28 bits per heavy atom. The molecule has 0 saturated carbocycles. The van der Waals surface area contributed by atoms with E-state index in [1.807, 2.05) is 26.0 Å². The van der Waals surface area contributed by atoms with E-state index in [9.17, 15) is 9.59 Å². The summed E-state index contributed by atoms with van der Waals surface area (Å²) >= 11 is 0. The minimum absolute atomic E-state index is 0.387. The van der Waals surface area contributed by atoms with Gasteiger partial charge in [-0.3, -0.25) is 4.79 Å². The number of hydrogen-bond acceptors (Lipinski definition) is 2. The zero-order valence-corrected chi connectivity index (χ0v) is 10.6. The molecule has 1 amide bonds. The molecule has 1 aromatic carbocycles. The Hall–Kier alpha value is -2.10. The normalized spacial score (nSPS) is 10.6. The topological polar surface area (TPSA) is 66.4 Å². The summed E-state index contributed by atoms with van der Waals surface area (Å²) in [5, 5.41) is 11.0. The molecule has 1 rings (SSSR count). The molecular formula is C14H17NO3. The zero-order chi connectivity index (χ0) is 13.5. The lowest BCUT2D eigenvalue weighted by molar-refractivity contribution is -0.131. The molecule has 0 aromatic heterocycles. The average Bonchev–Trinajstić information content (AvgIpc) is 2.29. The molecule has 4 nitrogen and oxygen atoms in total. The Bertz CT molecular complexity index is 478. The lowest BCUT2D eigenvalue weighted by Gasteiger charge is -2.07. The summed E-state index contributed by atoms with van der Waals surface area (Å²) in [4.78, 5) is 21.4. The van der Waals surface area contributed by atoms with Gasteiger partial charge in [0.1, 0.15) is 0 Å². The highest BCUT2D eigenvalue weighted by Crippen LogP contribution is 2.10. The van der Waals surface area contributed by atoms with E-state index < -0.39 is 5.97 Å². The van der Waals surface area contributed by atoms with Crippen LogP contribution in [0.3, 0.4) is 0 Å². The molecule has 0 radical (unpaired) electrons. The fourth-order valence-electron chi connectivity index (χ4n) is 1.65. The molecule has 0 unspecified atom stereocenters. The summed E-state index contributed by atoms with van der Waals surface area (Å²) in [5.41, 5.74) is 3.60. The first-order valence-electron chi connectivity index (χ1n) is 5.74. The third kappa shape index (κ3) is 4.82. The Morgan fingerprint density at radius 2 is 2.00 bits per heavy atom. The van der Waals surface area contributed by atoms with Crippen molar-refractivity contribution in [1.29, 1.82) is 0 Å². The van der Waals surface area contributed by atoms with Crippen LogP contribution in [-0.2, 0) is 16.0 Å². The number of carbonyl (C=O) groups is 2. The summed E-state index contributed by atoms with van der Waals surface area (Å²) in [7, 11) is 0. The van der Waals surface area contributed by atoms with E-state index in [0.29, 0.717) is 6.54 Å². The van der Waals surface area contributed by atoms with Crippen molar-refractivity contribution in [2.24, 2.45) is 0 Å². The molecule has 96 valence electrons. The second kappa shape index (κ2) is 6.59. The fraction of sp³-hybridized carbons (Fsp3) is 0.286. The van der Waals surface area contributed by atoms with Gasteiger partial charge in [-0.25, -0.2) is 4.79 Å². The van der Waals surface area contributed by atoms with Crippen LogP contribution in [0.5, 0.6) is 0 Å². The molecule has 4 heteroatoms. The van der Waals surface area contributed by atoms with Gasteiger partial charge in [0.05, 0.1) is 0 Å². The number of benzene rings is 1. The number of carboxylic acid groups (broad SMARTS) is 1. The molecule has 0 aliphatic heterocycles. The van der Waals surface area contributed by atoms with Gasteiger partial charge in [-0.15, -0.1) is 0 Å². The molecule has 18 heavy (non-hydrogen) atoms. The number of amides is 1.